The second-order valence-corrected chi connectivity index (χ2v) is 13.6. The van der Waals surface area contributed by atoms with Crippen molar-refractivity contribution in [3.63, 3.8) is 0 Å². The highest BCUT2D eigenvalue weighted by Crippen LogP contribution is 2.31. The summed E-state index contributed by atoms with van der Waals surface area (Å²) >= 11 is 0. The molecule has 11 nitrogen and oxygen atoms in total. The van der Waals surface area contributed by atoms with Crippen LogP contribution in [0.2, 0.25) is 0 Å². The highest BCUT2D eigenvalue weighted by atomic mass is 19.4. The third kappa shape index (κ3) is 12.0. The first-order chi connectivity index (χ1) is 28.4. The van der Waals surface area contributed by atoms with Gasteiger partial charge in [-0.15, -0.1) is 0 Å². The lowest BCUT2D eigenvalue weighted by Crippen LogP contribution is -2.40. The van der Waals surface area contributed by atoms with Crippen molar-refractivity contribution in [1.82, 2.24) is 14.4 Å². The van der Waals surface area contributed by atoms with Crippen LogP contribution >= 0.6 is 0 Å². The number of carbonyl (C=O) groups is 3. The fourth-order valence-electron chi connectivity index (χ4n) is 6.27. The molecule has 0 spiro atoms. The van der Waals surface area contributed by atoms with Gasteiger partial charge in [0.25, 0.3) is 0 Å². The van der Waals surface area contributed by atoms with E-state index in [1.807, 2.05) is 26.0 Å². The molecule has 1 amide bonds. The van der Waals surface area contributed by atoms with Crippen LogP contribution in [0.15, 0.2) is 95.8 Å². The van der Waals surface area contributed by atoms with Crippen molar-refractivity contribution in [3.05, 3.63) is 141 Å². The summed E-state index contributed by atoms with van der Waals surface area (Å²) in [6.45, 7) is 6.75. The van der Waals surface area contributed by atoms with Gasteiger partial charge in [-0.05, 0) is 78.5 Å². The summed E-state index contributed by atoms with van der Waals surface area (Å²) in [4.78, 5) is 50.7. The molecule has 1 heterocycles. The monoisotopic (exact) mass is 843 g/mol. The predicted molar refractivity (Wildman–Crippen MR) is 209 cm³/mol. The molecule has 2 unspecified atom stereocenters. The van der Waals surface area contributed by atoms with Gasteiger partial charge in [-0.2, -0.15) is 13.2 Å². The molecule has 0 fully saturated rings. The normalized spacial score (nSPS) is 12.4. The van der Waals surface area contributed by atoms with E-state index >= 15 is 0 Å². The number of para-hydroxylation sites is 1. The van der Waals surface area contributed by atoms with Crippen LogP contribution in [0.3, 0.4) is 0 Å². The van der Waals surface area contributed by atoms with E-state index in [0.717, 1.165) is 42.4 Å². The molecule has 320 valence electrons. The summed E-state index contributed by atoms with van der Waals surface area (Å²) in [7, 11) is 0. The molecule has 0 bridgehead atoms. The average molecular weight is 844 g/mol. The van der Waals surface area contributed by atoms with E-state index in [4.69, 9.17) is 20.4 Å². The maximum absolute atomic E-state index is 14.5. The summed E-state index contributed by atoms with van der Waals surface area (Å²) in [5, 5.41) is 32.9. The number of hydrogen-bond acceptors (Lipinski definition) is 7. The zero-order chi connectivity index (χ0) is 44.3. The number of aliphatic hydroxyl groups is 2. The van der Waals surface area contributed by atoms with Crippen LogP contribution in [0.25, 0.3) is 22.0 Å². The first-order valence-electron chi connectivity index (χ1n) is 18.7. The van der Waals surface area contributed by atoms with Gasteiger partial charge in [-0.3, -0.25) is 9.59 Å². The number of amides is 1. The summed E-state index contributed by atoms with van der Waals surface area (Å²) in [6, 6.07) is 22.5. The number of benzene rings is 4. The van der Waals surface area contributed by atoms with Gasteiger partial charge in [-0.25, -0.2) is 22.8 Å². The van der Waals surface area contributed by atoms with Gasteiger partial charge in [0.15, 0.2) is 35.1 Å². The quantitative estimate of drug-likeness (QED) is 0.0677. The highest BCUT2D eigenvalue weighted by molar-refractivity contribution is 5.83. The van der Waals surface area contributed by atoms with Crippen LogP contribution < -0.4 is 5.43 Å². The van der Waals surface area contributed by atoms with Crippen molar-refractivity contribution in [2.24, 2.45) is 0 Å². The zero-order valence-corrected chi connectivity index (χ0v) is 32.5. The minimum atomic E-state index is -4.42. The van der Waals surface area contributed by atoms with Crippen molar-refractivity contribution in [2.75, 3.05) is 26.2 Å². The summed E-state index contributed by atoms with van der Waals surface area (Å²) in [5.74, 6) is -7.92. The number of rotatable bonds is 16. The molecular weight excluding hydrogens is 800 g/mol. The number of hydrogen-bond donors (Lipinski definition) is 4. The summed E-state index contributed by atoms with van der Waals surface area (Å²) in [6.07, 6.45) is -8.91. The van der Waals surface area contributed by atoms with Crippen LogP contribution in [-0.4, -0.2) is 91.0 Å². The second kappa shape index (κ2) is 20.8. The maximum atomic E-state index is 14.5. The molecule has 4 aromatic carbocycles. The number of aliphatic hydroxyl groups excluding tert-OH is 2. The smallest absolute Gasteiger partial charge is 0.416 e. The number of pyridine rings is 1. The summed E-state index contributed by atoms with van der Waals surface area (Å²) < 4.78 is 82.9. The van der Waals surface area contributed by atoms with E-state index in [2.05, 4.69) is 4.90 Å². The van der Waals surface area contributed by atoms with Crippen LogP contribution in [0, 0.1) is 17.5 Å². The number of carboxylic acids is 2. The van der Waals surface area contributed by atoms with E-state index in [9.17, 15) is 45.5 Å². The third-order valence-electron chi connectivity index (χ3n) is 9.78. The fourth-order valence-corrected chi connectivity index (χ4v) is 6.27. The Balaban J connectivity index is 0.000000703. The molecule has 5 rings (SSSR count). The van der Waals surface area contributed by atoms with Crippen molar-refractivity contribution < 1.29 is 61.2 Å². The SMILES string of the molecule is CCN(CC)CCN(Cc1ccc(-c2ccc(C(F)(F)F)cc2)cc1)C(=O)Cn1c(CCc2ccc(F)c(F)c2F)cc(=O)c2ccccc21.O=C(O)C(O)C(O)C(=O)O. The van der Waals surface area contributed by atoms with Gasteiger partial charge < -0.3 is 34.8 Å². The molecule has 17 heteroatoms. The average Bonchev–Trinajstić information content (AvgIpc) is 3.23. The van der Waals surface area contributed by atoms with Crippen LogP contribution in [0.5, 0.6) is 0 Å². The van der Waals surface area contributed by atoms with Gasteiger partial charge in [0.05, 0.1) is 11.1 Å². The standard InChI is InChI=1S/C39H37F6N3O2.C4H6O6/c1-3-46(4-2)21-22-47(24-26-9-11-27(12-10-26)28-13-17-30(18-14-28)39(43,44)45)36(50)25-48-31(23-35(49)32-7-5-6-8-34(32)48)19-15-29-16-20-33(40)38(42)37(29)41;5-1(3(7)8)2(6)4(9)10/h5-14,16-18,20,23H,3-4,15,19,21-22,24-25H2,1-2H3;1-2,5-6H,(H,7,8)(H,9,10). The number of halogens is 6. The highest BCUT2D eigenvalue weighted by Gasteiger charge is 2.30. The molecule has 0 aliphatic heterocycles. The Morgan fingerprint density at radius 2 is 1.30 bits per heavy atom. The number of aryl methyl sites for hydroxylation is 2. The summed E-state index contributed by atoms with van der Waals surface area (Å²) in [5.41, 5.74) is 2.06. The van der Waals surface area contributed by atoms with Crippen molar-refractivity contribution in [3.8, 4) is 11.1 Å². The lowest BCUT2D eigenvalue weighted by Gasteiger charge is -2.28. The molecule has 1 aromatic heterocycles. The Morgan fingerprint density at radius 1 is 0.733 bits per heavy atom. The zero-order valence-electron chi connectivity index (χ0n) is 32.5. The van der Waals surface area contributed by atoms with Gasteiger partial charge in [0.1, 0.15) is 6.54 Å². The number of alkyl halides is 3. The number of aromatic nitrogens is 1. The van der Waals surface area contributed by atoms with Gasteiger partial charge >= 0.3 is 18.1 Å². The van der Waals surface area contributed by atoms with E-state index < -0.39 is 53.3 Å². The van der Waals surface area contributed by atoms with E-state index in [1.165, 1.54) is 24.3 Å². The lowest BCUT2D eigenvalue weighted by molar-refractivity contribution is -0.165. The number of carboxylic acid groups (broad SMARTS) is 2. The molecule has 2 atom stereocenters. The van der Waals surface area contributed by atoms with Crippen LogP contribution in [0.4, 0.5) is 26.3 Å². The van der Waals surface area contributed by atoms with E-state index in [-0.39, 0.29) is 42.8 Å². The van der Waals surface area contributed by atoms with Crippen molar-refractivity contribution >= 4 is 28.7 Å². The molecular formula is C43H43F6N3O8. The minimum Gasteiger partial charge on any atom is -0.479 e. The van der Waals surface area contributed by atoms with Gasteiger partial charge in [-0.1, -0.05) is 68.4 Å². The first-order valence-corrected chi connectivity index (χ1v) is 18.7. The number of likely N-dealkylation sites (N-methyl/N-ethyl adjacent to an activating group) is 1. The molecule has 0 radical (unpaired) electrons. The fraction of sp³-hybridized carbons (Fsp3) is 0.302. The van der Waals surface area contributed by atoms with Crippen molar-refractivity contribution in [2.45, 2.75) is 58.2 Å². The predicted octanol–water partition coefficient (Wildman–Crippen LogP) is 6.14. The van der Waals surface area contributed by atoms with E-state index in [1.54, 1.807) is 45.9 Å². The Kier molecular flexibility index (Phi) is 16.2. The van der Waals surface area contributed by atoms with Gasteiger partial charge in [0.2, 0.25) is 5.91 Å². The first kappa shape index (κ1) is 46.6. The lowest BCUT2D eigenvalue weighted by atomic mass is 10.0. The van der Waals surface area contributed by atoms with E-state index in [0.29, 0.717) is 35.2 Å². The number of carbonyl (C=O) groups excluding carboxylic acids is 1. The second-order valence-electron chi connectivity index (χ2n) is 13.6. The number of aliphatic carboxylic acids is 2. The molecule has 5 aromatic rings. The minimum absolute atomic E-state index is 0.0358. The Bertz CT molecular complexity index is 2310. The van der Waals surface area contributed by atoms with Crippen LogP contribution in [0.1, 0.15) is 36.2 Å². The number of fused-ring (bicyclic) bond motifs is 1. The molecule has 0 aliphatic rings. The van der Waals surface area contributed by atoms with Crippen LogP contribution in [-0.2, 0) is 46.5 Å². The Labute approximate surface area is 340 Å². The largest absolute Gasteiger partial charge is 0.479 e. The van der Waals surface area contributed by atoms with Gasteiger partial charge in [0, 0.05) is 36.8 Å². The molecule has 4 N–H and O–H groups in total. The molecule has 60 heavy (non-hydrogen) atoms. The molecule has 0 saturated heterocycles. The maximum Gasteiger partial charge on any atom is 0.416 e. The topological polar surface area (TPSA) is 161 Å². The Morgan fingerprint density at radius 3 is 1.85 bits per heavy atom. The molecule has 0 aliphatic carbocycles. The Hall–Kier alpha value is -6.04. The number of nitrogens with zero attached hydrogens (tertiary/aromatic N) is 3. The molecule has 0 saturated carbocycles. The van der Waals surface area contributed by atoms with Crippen molar-refractivity contribution in [1.29, 1.82) is 0 Å². The third-order valence-corrected chi connectivity index (χ3v) is 9.78.